The van der Waals surface area contributed by atoms with E-state index in [1.54, 1.807) is 14.2 Å². The van der Waals surface area contributed by atoms with Crippen LogP contribution in [0.3, 0.4) is 0 Å². The monoisotopic (exact) mass is 273 g/mol. The SMILES string of the molecule is CNC(=O)N1CCc2c(C)[nH]c3ccc(OC)c(c23)C1. The Bertz CT molecular complexity index is 675. The van der Waals surface area contributed by atoms with E-state index in [9.17, 15) is 4.79 Å². The van der Waals surface area contributed by atoms with Gasteiger partial charge >= 0.3 is 6.03 Å². The Kier molecular flexibility index (Phi) is 3.04. The quantitative estimate of drug-likeness (QED) is 0.836. The topological polar surface area (TPSA) is 57.4 Å². The number of aromatic nitrogens is 1. The minimum Gasteiger partial charge on any atom is -0.496 e. The van der Waals surface area contributed by atoms with E-state index < -0.39 is 0 Å². The molecule has 0 spiro atoms. The van der Waals surface area contributed by atoms with Gasteiger partial charge in [-0.3, -0.25) is 0 Å². The van der Waals surface area contributed by atoms with Crippen LogP contribution >= 0.6 is 0 Å². The molecule has 2 aromatic rings. The number of nitrogens with one attached hydrogen (secondary N) is 2. The lowest BCUT2D eigenvalue weighted by atomic mass is 10.0. The molecule has 106 valence electrons. The highest BCUT2D eigenvalue weighted by molar-refractivity contribution is 5.91. The van der Waals surface area contributed by atoms with Gasteiger partial charge in [0, 0.05) is 35.8 Å². The molecule has 2 N–H and O–H groups in total. The number of rotatable bonds is 1. The van der Waals surface area contributed by atoms with Gasteiger partial charge in [0.1, 0.15) is 5.75 Å². The van der Waals surface area contributed by atoms with Crippen LogP contribution in [0.25, 0.3) is 10.9 Å². The highest BCUT2D eigenvalue weighted by Crippen LogP contribution is 2.35. The lowest BCUT2D eigenvalue weighted by Gasteiger charge is -2.21. The molecular formula is C15H19N3O2. The van der Waals surface area contributed by atoms with Gasteiger partial charge in [0.2, 0.25) is 0 Å². The third-order valence-electron chi connectivity index (χ3n) is 4.05. The number of amides is 2. The van der Waals surface area contributed by atoms with E-state index >= 15 is 0 Å². The zero-order valence-corrected chi connectivity index (χ0v) is 12.0. The number of nitrogens with zero attached hydrogens (tertiary/aromatic N) is 1. The summed E-state index contributed by atoms with van der Waals surface area (Å²) in [5, 5.41) is 3.92. The minimum absolute atomic E-state index is 0.0455. The average molecular weight is 273 g/mol. The van der Waals surface area contributed by atoms with Crippen molar-refractivity contribution in [2.24, 2.45) is 0 Å². The second-order valence-corrected chi connectivity index (χ2v) is 5.12. The molecule has 0 saturated carbocycles. The van der Waals surface area contributed by atoms with Crippen molar-refractivity contribution >= 4 is 16.9 Å². The molecule has 0 atom stereocenters. The Morgan fingerprint density at radius 2 is 2.20 bits per heavy atom. The van der Waals surface area contributed by atoms with Crippen molar-refractivity contribution < 1.29 is 9.53 Å². The Hall–Kier alpha value is -2.17. The van der Waals surface area contributed by atoms with Gasteiger partial charge < -0.3 is 19.9 Å². The third-order valence-corrected chi connectivity index (χ3v) is 4.05. The molecule has 20 heavy (non-hydrogen) atoms. The number of carbonyl (C=O) groups excluding carboxylic acids is 1. The van der Waals surface area contributed by atoms with Crippen molar-refractivity contribution in [3.8, 4) is 5.75 Å². The molecule has 0 fully saturated rings. The van der Waals surface area contributed by atoms with Crippen molar-refractivity contribution in [2.45, 2.75) is 19.9 Å². The Labute approximate surface area is 117 Å². The van der Waals surface area contributed by atoms with Gasteiger partial charge in [-0.1, -0.05) is 0 Å². The van der Waals surface area contributed by atoms with Crippen LogP contribution in [0.15, 0.2) is 12.1 Å². The van der Waals surface area contributed by atoms with Gasteiger partial charge in [-0.05, 0) is 31.0 Å². The number of methoxy groups -OCH3 is 1. The minimum atomic E-state index is -0.0455. The largest absolute Gasteiger partial charge is 0.496 e. The second-order valence-electron chi connectivity index (χ2n) is 5.12. The summed E-state index contributed by atoms with van der Waals surface area (Å²) in [7, 11) is 3.34. The van der Waals surface area contributed by atoms with Crippen LogP contribution in [-0.2, 0) is 13.0 Å². The molecule has 0 bridgehead atoms. The van der Waals surface area contributed by atoms with Crippen LogP contribution in [0.1, 0.15) is 16.8 Å². The summed E-state index contributed by atoms with van der Waals surface area (Å²) in [4.78, 5) is 17.2. The van der Waals surface area contributed by atoms with E-state index in [2.05, 4.69) is 17.2 Å². The first-order chi connectivity index (χ1) is 9.65. The highest BCUT2D eigenvalue weighted by atomic mass is 16.5. The lowest BCUT2D eigenvalue weighted by molar-refractivity contribution is 0.198. The number of aromatic amines is 1. The number of carbonyl (C=O) groups is 1. The molecule has 0 radical (unpaired) electrons. The van der Waals surface area contributed by atoms with Gasteiger partial charge in [0.15, 0.2) is 0 Å². The first kappa shape index (κ1) is 12.8. The summed E-state index contributed by atoms with van der Waals surface area (Å²) >= 11 is 0. The van der Waals surface area contributed by atoms with Crippen LogP contribution in [0.2, 0.25) is 0 Å². The van der Waals surface area contributed by atoms with Crippen molar-refractivity contribution in [1.82, 2.24) is 15.2 Å². The lowest BCUT2D eigenvalue weighted by Crippen LogP contribution is -2.38. The van der Waals surface area contributed by atoms with Crippen molar-refractivity contribution in [2.75, 3.05) is 20.7 Å². The highest BCUT2D eigenvalue weighted by Gasteiger charge is 2.24. The van der Waals surface area contributed by atoms with E-state index in [4.69, 9.17) is 4.74 Å². The van der Waals surface area contributed by atoms with E-state index in [0.717, 1.165) is 23.3 Å². The molecule has 3 rings (SSSR count). The molecule has 1 aromatic heterocycles. The number of ether oxygens (including phenoxy) is 1. The van der Waals surface area contributed by atoms with Crippen LogP contribution in [-0.4, -0.2) is 36.6 Å². The summed E-state index contributed by atoms with van der Waals surface area (Å²) in [6, 6.07) is 3.96. The fourth-order valence-electron chi connectivity index (χ4n) is 3.05. The maximum atomic E-state index is 12.0. The van der Waals surface area contributed by atoms with Crippen LogP contribution in [0, 0.1) is 6.92 Å². The fraction of sp³-hybridized carbons (Fsp3) is 0.400. The van der Waals surface area contributed by atoms with E-state index in [-0.39, 0.29) is 6.03 Å². The first-order valence-corrected chi connectivity index (χ1v) is 6.79. The predicted octanol–water partition coefficient (Wildman–Crippen LogP) is 2.18. The van der Waals surface area contributed by atoms with Gasteiger partial charge in [0.05, 0.1) is 13.7 Å². The van der Waals surface area contributed by atoms with E-state index in [1.165, 1.54) is 16.6 Å². The van der Waals surface area contributed by atoms with Gasteiger partial charge in [0.25, 0.3) is 0 Å². The van der Waals surface area contributed by atoms with E-state index in [1.807, 2.05) is 17.0 Å². The smallest absolute Gasteiger partial charge is 0.317 e. The van der Waals surface area contributed by atoms with Gasteiger partial charge in [-0.15, -0.1) is 0 Å². The predicted molar refractivity (Wildman–Crippen MR) is 78.2 cm³/mol. The number of urea groups is 1. The van der Waals surface area contributed by atoms with Crippen LogP contribution in [0.4, 0.5) is 4.79 Å². The van der Waals surface area contributed by atoms with Crippen LogP contribution < -0.4 is 10.1 Å². The molecular weight excluding hydrogens is 254 g/mol. The molecule has 1 aromatic carbocycles. The maximum Gasteiger partial charge on any atom is 0.317 e. The Morgan fingerprint density at radius 3 is 2.90 bits per heavy atom. The Balaban J connectivity index is 2.19. The fourth-order valence-corrected chi connectivity index (χ4v) is 3.05. The van der Waals surface area contributed by atoms with Gasteiger partial charge in [-0.2, -0.15) is 0 Å². The van der Waals surface area contributed by atoms with Crippen molar-refractivity contribution in [3.63, 3.8) is 0 Å². The molecule has 1 aliphatic heterocycles. The van der Waals surface area contributed by atoms with Gasteiger partial charge in [-0.25, -0.2) is 4.79 Å². The molecule has 5 nitrogen and oxygen atoms in total. The summed E-state index contributed by atoms with van der Waals surface area (Å²) in [5.41, 5.74) is 4.67. The summed E-state index contributed by atoms with van der Waals surface area (Å²) < 4.78 is 5.49. The first-order valence-electron chi connectivity index (χ1n) is 6.79. The number of hydrogen-bond donors (Lipinski definition) is 2. The molecule has 0 aliphatic carbocycles. The normalized spacial score (nSPS) is 14.2. The molecule has 2 amide bonds. The van der Waals surface area contributed by atoms with E-state index in [0.29, 0.717) is 13.1 Å². The third kappa shape index (κ3) is 1.81. The molecule has 0 unspecified atom stereocenters. The molecule has 1 aliphatic rings. The van der Waals surface area contributed by atoms with Crippen molar-refractivity contribution in [1.29, 1.82) is 0 Å². The summed E-state index contributed by atoms with van der Waals surface area (Å²) in [6.45, 7) is 3.37. The average Bonchev–Trinajstić information content (AvgIpc) is 2.65. The zero-order valence-electron chi connectivity index (χ0n) is 12.0. The van der Waals surface area contributed by atoms with Crippen molar-refractivity contribution in [3.05, 3.63) is 29.0 Å². The van der Waals surface area contributed by atoms with Crippen LogP contribution in [0.5, 0.6) is 5.75 Å². The Morgan fingerprint density at radius 1 is 1.40 bits per heavy atom. The maximum absolute atomic E-state index is 12.0. The number of hydrogen-bond acceptors (Lipinski definition) is 2. The second kappa shape index (κ2) is 4.74. The molecule has 5 heteroatoms. The molecule has 2 heterocycles. The number of H-pyrrole nitrogens is 1. The summed E-state index contributed by atoms with van der Waals surface area (Å²) in [6.07, 6.45) is 0.861. The molecule has 0 saturated heterocycles. The zero-order chi connectivity index (χ0) is 14.3. The summed E-state index contributed by atoms with van der Waals surface area (Å²) in [5.74, 6) is 0.841. The number of aryl methyl sites for hydroxylation is 1. The number of benzene rings is 1. The standard InChI is InChI=1S/C15H19N3O2/c1-9-10-6-7-18(15(19)16-2)8-11-13(20-3)5-4-12(17-9)14(10)11/h4-5,17H,6-8H2,1-3H3,(H,16,19).